The molecule has 1 fully saturated rings. The number of sulfonamides is 1. The summed E-state index contributed by atoms with van der Waals surface area (Å²) in [6.07, 6.45) is 0.762. The molecule has 1 aromatic carbocycles. The minimum atomic E-state index is -3.43. The van der Waals surface area contributed by atoms with Crippen LogP contribution in [0.3, 0.4) is 0 Å². The lowest BCUT2D eigenvalue weighted by Crippen LogP contribution is -2.36. The van der Waals surface area contributed by atoms with E-state index in [0.717, 1.165) is 49.7 Å². The van der Waals surface area contributed by atoms with E-state index in [0.29, 0.717) is 10.8 Å². The molecule has 0 spiro atoms. The van der Waals surface area contributed by atoms with E-state index < -0.39 is 10.0 Å². The van der Waals surface area contributed by atoms with Gasteiger partial charge in [-0.2, -0.15) is 0 Å². The van der Waals surface area contributed by atoms with Gasteiger partial charge in [0.15, 0.2) is 0 Å². The van der Waals surface area contributed by atoms with Crippen LogP contribution in [-0.2, 0) is 21.2 Å². The summed E-state index contributed by atoms with van der Waals surface area (Å²) in [4.78, 5) is 2.29. The standard InChI is InChI=1S/C16H18N2O3S2/c19-23(20,16-2-1-11-22-16)18-6-5-13-12-14(3-4-15(13)18)17-7-9-21-10-8-17/h1-4,11-12H,5-10H2. The number of morpholine rings is 1. The van der Waals surface area contributed by atoms with Crippen molar-refractivity contribution < 1.29 is 13.2 Å². The topological polar surface area (TPSA) is 49.9 Å². The average molecular weight is 350 g/mol. The van der Waals surface area contributed by atoms with Crippen molar-refractivity contribution in [2.24, 2.45) is 0 Å². The Morgan fingerprint density at radius 2 is 1.91 bits per heavy atom. The van der Waals surface area contributed by atoms with Gasteiger partial charge in [0.1, 0.15) is 4.21 Å². The third-order valence-electron chi connectivity index (χ3n) is 4.33. The van der Waals surface area contributed by atoms with Gasteiger partial charge in [0.05, 0.1) is 18.9 Å². The molecule has 0 saturated carbocycles. The van der Waals surface area contributed by atoms with E-state index in [1.54, 1.807) is 17.5 Å². The number of hydrogen-bond acceptors (Lipinski definition) is 5. The SMILES string of the molecule is O=S(=O)(c1cccs1)N1CCc2cc(N3CCOCC3)ccc21. The number of benzene rings is 1. The highest BCUT2D eigenvalue weighted by molar-refractivity contribution is 7.94. The second-order valence-corrected chi connectivity index (χ2v) is 8.71. The van der Waals surface area contributed by atoms with Gasteiger partial charge in [0.25, 0.3) is 10.0 Å². The Morgan fingerprint density at radius 1 is 1.09 bits per heavy atom. The molecule has 23 heavy (non-hydrogen) atoms. The highest BCUT2D eigenvalue weighted by Crippen LogP contribution is 2.36. The number of anilines is 2. The molecule has 0 amide bonds. The zero-order chi connectivity index (χ0) is 15.9. The smallest absolute Gasteiger partial charge is 0.273 e. The van der Waals surface area contributed by atoms with Gasteiger partial charge in [0, 0.05) is 25.3 Å². The van der Waals surface area contributed by atoms with Crippen LogP contribution in [0.5, 0.6) is 0 Å². The zero-order valence-electron chi connectivity index (χ0n) is 12.6. The molecule has 122 valence electrons. The second-order valence-electron chi connectivity index (χ2n) is 5.67. The summed E-state index contributed by atoms with van der Waals surface area (Å²) in [7, 11) is -3.43. The Labute approximate surface area is 140 Å². The molecule has 1 aromatic heterocycles. The van der Waals surface area contributed by atoms with E-state index in [4.69, 9.17) is 4.74 Å². The van der Waals surface area contributed by atoms with Crippen molar-refractivity contribution in [3.8, 4) is 0 Å². The van der Waals surface area contributed by atoms with Gasteiger partial charge in [0.2, 0.25) is 0 Å². The van der Waals surface area contributed by atoms with Crippen molar-refractivity contribution in [1.29, 1.82) is 0 Å². The second kappa shape index (κ2) is 5.81. The number of thiophene rings is 1. The first-order chi connectivity index (χ1) is 11.2. The van der Waals surface area contributed by atoms with Crippen LogP contribution < -0.4 is 9.21 Å². The Balaban J connectivity index is 1.65. The average Bonchev–Trinajstić information content (AvgIpc) is 3.25. The first-order valence-corrected chi connectivity index (χ1v) is 10.00. The number of hydrogen-bond donors (Lipinski definition) is 0. The molecule has 3 heterocycles. The normalized spacial score (nSPS) is 18.3. The molecule has 7 heteroatoms. The Bertz CT molecular complexity index is 797. The van der Waals surface area contributed by atoms with E-state index in [-0.39, 0.29) is 0 Å². The minimum Gasteiger partial charge on any atom is -0.378 e. The highest BCUT2D eigenvalue weighted by Gasteiger charge is 2.31. The first kappa shape index (κ1) is 15.0. The zero-order valence-corrected chi connectivity index (χ0v) is 14.3. The molecule has 2 aromatic rings. The maximum absolute atomic E-state index is 12.8. The molecule has 2 aliphatic rings. The number of fused-ring (bicyclic) bond motifs is 1. The predicted octanol–water partition coefficient (Wildman–Crippen LogP) is 2.34. The Hall–Kier alpha value is -1.57. The summed E-state index contributed by atoms with van der Waals surface area (Å²) < 4.78 is 32.8. The maximum Gasteiger partial charge on any atom is 0.273 e. The molecule has 0 bridgehead atoms. The predicted molar refractivity (Wildman–Crippen MR) is 92.0 cm³/mol. The Morgan fingerprint density at radius 3 is 2.65 bits per heavy atom. The quantitative estimate of drug-likeness (QED) is 0.853. The van der Waals surface area contributed by atoms with Gasteiger partial charge in [-0.3, -0.25) is 4.31 Å². The molecule has 4 rings (SSSR count). The van der Waals surface area contributed by atoms with Crippen LogP contribution in [0, 0.1) is 0 Å². The third-order valence-corrected chi connectivity index (χ3v) is 7.52. The molecule has 2 aliphatic heterocycles. The van der Waals surface area contributed by atoms with Crippen molar-refractivity contribution in [2.75, 3.05) is 42.1 Å². The van der Waals surface area contributed by atoms with Crippen LogP contribution in [0.25, 0.3) is 0 Å². The van der Waals surface area contributed by atoms with Crippen molar-refractivity contribution in [3.05, 3.63) is 41.3 Å². The lowest BCUT2D eigenvalue weighted by atomic mass is 10.1. The van der Waals surface area contributed by atoms with Crippen molar-refractivity contribution >= 4 is 32.7 Å². The molecule has 0 atom stereocenters. The van der Waals surface area contributed by atoms with Crippen molar-refractivity contribution in [3.63, 3.8) is 0 Å². The fourth-order valence-electron chi connectivity index (χ4n) is 3.14. The van der Waals surface area contributed by atoms with Crippen LogP contribution in [0.2, 0.25) is 0 Å². The summed E-state index contributed by atoms with van der Waals surface area (Å²) in [6, 6.07) is 9.53. The lowest BCUT2D eigenvalue weighted by molar-refractivity contribution is 0.122. The van der Waals surface area contributed by atoms with Crippen LogP contribution in [0.15, 0.2) is 39.9 Å². The number of nitrogens with zero attached hydrogens (tertiary/aromatic N) is 2. The van der Waals surface area contributed by atoms with Gasteiger partial charge in [-0.1, -0.05) is 6.07 Å². The van der Waals surface area contributed by atoms with E-state index >= 15 is 0 Å². The molecule has 0 unspecified atom stereocenters. The molecule has 1 saturated heterocycles. The number of ether oxygens (including phenoxy) is 1. The molecule has 0 aliphatic carbocycles. The fourth-order valence-corrected chi connectivity index (χ4v) is 5.75. The summed E-state index contributed by atoms with van der Waals surface area (Å²) >= 11 is 1.27. The van der Waals surface area contributed by atoms with Gasteiger partial charge in [-0.25, -0.2) is 8.42 Å². The van der Waals surface area contributed by atoms with Crippen LogP contribution in [-0.4, -0.2) is 41.3 Å². The van der Waals surface area contributed by atoms with Crippen LogP contribution >= 0.6 is 11.3 Å². The van der Waals surface area contributed by atoms with Crippen molar-refractivity contribution in [1.82, 2.24) is 0 Å². The number of rotatable bonds is 3. The monoisotopic (exact) mass is 350 g/mol. The third kappa shape index (κ3) is 2.62. The van der Waals surface area contributed by atoms with E-state index in [9.17, 15) is 8.42 Å². The first-order valence-electron chi connectivity index (χ1n) is 7.68. The molecular weight excluding hydrogens is 332 g/mol. The van der Waals surface area contributed by atoms with Gasteiger partial charge in [-0.15, -0.1) is 11.3 Å². The van der Waals surface area contributed by atoms with E-state index in [1.165, 1.54) is 15.6 Å². The summed E-state index contributed by atoms with van der Waals surface area (Å²) in [5.74, 6) is 0. The largest absolute Gasteiger partial charge is 0.378 e. The highest BCUT2D eigenvalue weighted by atomic mass is 32.2. The van der Waals surface area contributed by atoms with Gasteiger partial charge in [-0.05, 0) is 41.6 Å². The van der Waals surface area contributed by atoms with Crippen molar-refractivity contribution in [2.45, 2.75) is 10.6 Å². The van der Waals surface area contributed by atoms with Crippen LogP contribution in [0.4, 0.5) is 11.4 Å². The van der Waals surface area contributed by atoms with E-state index in [1.807, 2.05) is 12.1 Å². The summed E-state index contributed by atoms with van der Waals surface area (Å²) in [5, 5.41) is 1.80. The summed E-state index contributed by atoms with van der Waals surface area (Å²) in [5.41, 5.74) is 3.08. The summed E-state index contributed by atoms with van der Waals surface area (Å²) in [6.45, 7) is 3.78. The van der Waals surface area contributed by atoms with Crippen LogP contribution in [0.1, 0.15) is 5.56 Å². The molecular formula is C16H18N2O3S2. The van der Waals surface area contributed by atoms with E-state index in [2.05, 4.69) is 11.0 Å². The molecule has 0 N–H and O–H groups in total. The lowest BCUT2D eigenvalue weighted by Gasteiger charge is -2.29. The molecule has 0 radical (unpaired) electrons. The van der Waals surface area contributed by atoms with Gasteiger partial charge < -0.3 is 9.64 Å². The van der Waals surface area contributed by atoms with Gasteiger partial charge >= 0.3 is 0 Å². The molecule has 5 nitrogen and oxygen atoms in total. The fraction of sp³-hybridized carbons (Fsp3) is 0.375. The minimum absolute atomic E-state index is 0.405. The Kier molecular flexibility index (Phi) is 3.79. The maximum atomic E-state index is 12.8.